The Labute approximate surface area is 126 Å². The van der Waals surface area contributed by atoms with Crippen LogP contribution in [0.3, 0.4) is 0 Å². The maximum Gasteiger partial charge on any atom is 0.330 e. The Morgan fingerprint density at radius 2 is 1.77 bits per heavy atom. The third-order valence-electron chi connectivity index (χ3n) is 3.40. The third-order valence-corrected chi connectivity index (χ3v) is 3.40. The maximum absolute atomic E-state index is 12.1. The molecule has 1 aromatic heterocycles. The van der Waals surface area contributed by atoms with E-state index in [2.05, 4.69) is 10.5 Å². The number of nitrogens with one attached hydrogen (secondary N) is 1. The summed E-state index contributed by atoms with van der Waals surface area (Å²) in [6, 6.07) is 8.59. The molecule has 2 rings (SSSR count). The highest BCUT2D eigenvalue weighted by Gasteiger charge is 2.10. The highest BCUT2D eigenvalue weighted by Crippen LogP contribution is 1.98. The van der Waals surface area contributed by atoms with Gasteiger partial charge in [0.1, 0.15) is 0 Å². The minimum atomic E-state index is -0.460. The number of amides is 1. The number of nitrogens with zero attached hydrogens (tertiary/aromatic N) is 3. The summed E-state index contributed by atoms with van der Waals surface area (Å²) in [5.41, 5.74) is 2.67. The number of aromatic nitrogens is 2. The van der Waals surface area contributed by atoms with Crippen molar-refractivity contribution in [1.82, 2.24) is 14.6 Å². The molecule has 0 radical (unpaired) electrons. The van der Waals surface area contributed by atoms with Crippen molar-refractivity contribution in [3.8, 4) is 0 Å². The van der Waals surface area contributed by atoms with Gasteiger partial charge in [0.05, 0.1) is 11.8 Å². The average Bonchev–Trinajstić information content (AvgIpc) is 2.55. The van der Waals surface area contributed by atoms with E-state index in [0.717, 1.165) is 4.57 Å². The van der Waals surface area contributed by atoms with Gasteiger partial charge in [0.2, 0.25) is 0 Å². The summed E-state index contributed by atoms with van der Waals surface area (Å²) in [7, 11) is 2.96. The number of benzene rings is 1. The first-order valence-corrected chi connectivity index (χ1v) is 6.58. The molecule has 0 aliphatic rings. The molecule has 1 aromatic carbocycles. The maximum atomic E-state index is 12.1. The van der Waals surface area contributed by atoms with Gasteiger partial charge in [-0.15, -0.1) is 0 Å². The quantitative estimate of drug-likeness (QED) is 0.647. The summed E-state index contributed by atoms with van der Waals surface area (Å²) in [5, 5.41) is 3.80. The highest BCUT2D eigenvalue weighted by atomic mass is 16.2. The highest BCUT2D eigenvalue weighted by molar-refractivity contribution is 5.94. The van der Waals surface area contributed by atoms with Crippen molar-refractivity contribution >= 4 is 12.1 Å². The lowest BCUT2D eigenvalue weighted by Gasteiger charge is -2.08. The molecule has 0 aliphatic heterocycles. The van der Waals surface area contributed by atoms with E-state index < -0.39 is 11.2 Å². The van der Waals surface area contributed by atoms with Crippen LogP contribution in [0.4, 0.5) is 0 Å². The van der Waals surface area contributed by atoms with E-state index in [1.54, 1.807) is 44.3 Å². The van der Waals surface area contributed by atoms with Crippen LogP contribution in [0.1, 0.15) is 21.6 Å². The fourth-order valence-corrected chi connectivity index (χ4v) is 1.93. The Morgan fingerprint density at radius 3 is 2.41 bits per heavy atom. The molecule has 0 bridgehead atoms. The number of hydrogen-bond acceptors (Lipinski definition) is 4. The molecule has 0 atom stereocenters. The molecule has 0 aliphatic carbocycles. The van der Waals surface area contributed by atoms with Gasteiger partial charge in [-0.2, -0.15) is 5.10 Å². The van der Waals surface area contributed by atoms with Gasteiger partial charge in [-0.25, -0.2) is 10.2 Å². The molecule has 0 saturated carbocycles. The number of hydrazone groups is 1. The van der Waals surface area contributed by atoms with Gasteiger partial charge in [0.25, 0.3) is 11.5 Å². The number of hydrogen-bond donors (Lipinski definition) is 1. The van der Waals surface area contributed by atoms with Crippen molar-refractivity contribution in [3.05, 3.63) is 68.0 Å². The molecule has 1 amide bonds. The predicted octanol–water partition coefficient (Wildman–Crippen LogP) is 0.156. The molecular weight excluding hydrogens is 284 g/mol. The first-order valence-electron chi connectivity index (χ1n) is 6.58. The van der Waals surface area contributed by atoms with Crippen molar-refractivity contribution in [2.45, 2.75) is 6.92 Å². The summed E-state index contributed by atoms with van der Waals surface area (Å²) in [6.07, 6.45) is 1.25. The van der Waals surface area contributed by atoms with Gasteiger partial charge in [-0.05, 0) is 19.1 Å². The zero-order valence-corrected chi connectivity index (χ0v) is 12.5. The van der Waals surface area contributed by atoms with E-state index in [0.29, 0.717) is 11.3 Å². The molecule has 7 nitrogen and oxygen atoms in total. The van der Waals surface area contributed by atoms with Crippen molar-refractivity contribution in [3.63, 3.8) is 0 Å². The smallest absolute Gasteiger partial charge is 0.300 e. The summed E-state index contributed by atoms with van der Waals surface area (Å²) in [5.74, 6) is -0.379. The van der Waals surface area contributed by atoms with E-state index in [1.807, 2.05) is 0 Å². The molecule has 22 heavy (non-hydrogen) atoms. The molecular formula is C15H16N4O3. The van der Waals surface area contributed by atoms with Crippen LogP contribution in [0, 0.1) is 6.92 Å². The molecule has 0 fully saturated rings. The molecule has 2 aromatic rings. The van der Waals surface area contributed by atoms with E-state index in [-0.39, 0.29) is 11.5 Å². The second-order valence-electron chi connectivity index (χ2n) is 4.77. The van der Waals surface area contributed by atoms with E-state index in [4.69, 9.17) is 0 Å². The summed E-state index contributed by atoms with van der Waals surface area (Å²) >= 11 is 0. The second kappa shape index (κ2) is 6.21. The predicted molar refractivity (Wildman–Crippen MR) is 83.2 cm³/mol. The van der Waals surface area contributed by atoms with E-state index in [1.165, 1.54) is 17.8 Å². The van der Waals surface area contributed by atoms with Gasteiger partial charge in [-0.1, -0.05) is 18.2 Å². The molecule has 0 spiro atoms. The minimum absolute atomic E-state index is 0.248. The van der Waals surface area contributed by atoms with Crippen LogP contribution in [-0.4, -0.2) is 21.3 Å². The Kier molecular flexibility index (Phi) is 4.36. The second-order valence-corrected chi connectivity index (χ2v) is 4.77. The first-order chi connectivity index (χ1) is 10.4. The molecule has 0 unspecified atom stereocenters. The van der Waals surface area contributed by atoms with Crippen LogP contribution in [0.5, 0.6) is 0 Å². The summed E-state index contributed by atoms with van der Waals surface area (Å²) < 4.78 is 2.34. The van der Waals surface area contributed by atoms with Crippen molar-refractivity contribution < 1.29 is 4.79 Å². The Bertz CT molecular complexity index is 848. The van der Waals surface area contributed by atoms with Crippen LogP contribution in [0.15, 0.2) is 45.0 Å². The van der Waals surface area contributed by atoms with E-state index >= 15 is 0 Å². The molecule has 114 valence electrons. The first kappa shape index (κ1) is 15.4. The van der Waals surface area contributed by atoms with E-state index in [9.17, 15) is 14.4 Å². The number of rotatable bonds is 3. The molecule has 1 N–H and O–H groups in total. The van der Waals surface area contributed by atoms with Crippen molar-refractivity contribution in [2.24, 2.45) is 19.2 Å². The van der Waals surface area contributed by atoms with Crippen LogP contribution >= 0.6 is 0 Å². The Balaban J connectivity index is 2.27. The summed E-state index contributed by atoms with van der Waals surface area (Å²) in [4.78, 5) is 35.6. The zero-order chi connectivity index (χ0) is 16.3. The topological polar surface area (TPSA) is 85.5 Å². The van der Waals surface area contributed by atoms with Crippen LogP contribution < -0.4 is 16.7 Å². The molecule has 0 saturated heterocycles. The lowest BCUT2D eigenvalue weighted by Crippen LogP contribution is -2.40. The summed E-state index contributed by atoms with van der Waals surface area (Å²) in [6.45, 7) is 1.64. The van der Waals surface area contributed by atoms with Crippen molar-refractivity contribution in [2.75, 3.05) is 0 Å². The van der Waals surface area contributed by atoms with Crippen molar-refractivity contribution in [1.29, 1.82) is 0 Å². The van der Waals surface area contributed by atoms with Gasteiger partial charge in [0.15, 0.2) is 0 Å². The average molecular weight is 300 g/mol. The fourth-order valence-electron chi connectivity index (χ4n) is 1.93. The zero-order valence-electron chi connectivity index (χ0n) is 12.5. The number of carbonyl (C=O) groups excluding carboxylic acids is 1. The Morgan fingerprint density at radius 1 is 1.14 bits per heavy atom. The van der Waals surface area contributed by atoms with Gasteiger partial charge >= 0.3 is 5.69 Å². The van der Waals surface area contributed by atoms with Gasteiger partial charge in [-0.3, -0.25) is 14.2 Å². The van der Waals surface area contributed by atoms with Crippen LogP contribution in [0.2, 0.25) is 0 Å². The molecule has 7 heteroatoms. The number of carbonyl (C=O) groups is 1. The standard InChI is InChI=1S/C15H16N4O3/c1-10-12(14(21)19(3)15(22)18(10)2)9-16-17-13(20)11-7-5-4-6-8-11/h4-9H,1-3H3,(H,17,20). The fraction of sp³-hybridized carbons (Fsp3) is 0.200. The normalized spacial score (nSPS) is 10.9. The lowest BCUT2D eigenvalue weighted by molar-refractivity contribution is 0.0955. The van der Waals surface area contributed by atoms with Gasteiger partial charge in [0, 0.05) is 25.4 Å². The minimum Gasteiger partial charge on any atom is -0.300 e. The SMILES string of the molecule is Cc1c(C=NNC(=O)c2ccccc2)c(=O)n(C)c(=O)n1C. The Hall–Kier alpha value is -2.96. The van der Waals surface area contributed by atoms with Crippen LogP contribution in [0.25, 0.3) is 0 Å². The largest absolute Gasteiger partial charge is 0.330 e. The monoisotopic (exact) mass is 300 g/mol. The molecule has 1 heterocycles. The lowest BCUT2D eigenvalue weighted by atomic mass is 10.2. The van der Waals surface area contributed by atoms with Crippen LogP contribution in [-0.2, 0) is 14.1 Å². The third kappa shape index (κ3) is 2.88. The van der Waals surface area contributed by atoms with Gasteiger partial charge < -0.3 is 4.57 Å².